The van der Waals surface area contributed by atoms with Crippen molar-refractivity contribution in [2.24, 2.45) is 46.8 Å². The van der Waals surface area contributed by atoms with E-state index in [-0.39, 0.29) is 17.9 Å². The third-order valence-corrected chi connectivity index (χ3v) is 9.80. The van der Waals surface area contributed by atoms with Gasteiger partial charge in [0.2, 0.25) is 0 Å². The zero-order valence-corrected chi connectivity index (χ0v) is 18.3. The van der Waals surface area contributed by atoms with E-state index in [4.69, 9.17) is 0 Å². The molecular weight excluding hydrogens is 373 g/mol. The molecule has 1 N–H and O–H groups in total. The number of halogens is 3. The number of allylic oxidation sites excluding steroid dienone is 1. The van der Waals surface area contributed by atoms with Crippen LogP contribution in [0.25, 0.3) is 0 Å². The molecule has 4 rings (SSSR count). The van der Waals surface area contributed by atoms with E-state index in [1.54, 1.807) is 0 Å². The summed E-state index contributed by atoms with van der Waals surface area (Å²) < 4.78 is 38.7. The quantitative estimate of drug-likeness (QED) is 0.486. The molecular formula is C25H39F3O. The van der Waals surface area contributed by atoms with Gasteiger partial charge in [0, 0.05) is 0 Å². The third kappa shape index (κ3) is 3.92. The lowest BCUT2D eigenvalue weighted by atomic mass is 9.50. The summed E-state index contributed by atoms with van der Waals surface area (Å²) >= 11 is 0. The lowest BCUT2D eigenvalue weighted by molar-refractivity contribution is -0.172. The monoisotopic (exact) mass is 412 g/mol. The van der Waals surface area contributed by atoms with Gasteiger partial charge in [-0.3, -0.25) is 0 Å². The minimum atomic E-state index is -4.05. The van der Waals surface area contributed by atoms with Crippen LogP contribution in [0.15, 0.2) is 11.6 Å². The van der Waals surface area contributed by atoms with E-state index in [0.717, 1.165) is 49.4 Å². The first-order chi connectivity index (χ1) is 13.6. The van der Waals surface area contributed by atoms with Gasteiger partial charge < -0.3 is 5.11 Å². The Morgan fingerprint density at radius 1 is 1.03 bits per heavy atom. The van der Waals surface area contributed by atoms with Crippen molar-refractivity contribution in [3.63, 3.8) is 0 Å². The second-order valence-electron chi connectivity index (χ2n) is 11.2. The predicted octanol–water partition coefficient (Wildman–Crippen LogP) is 7.15. The molecule has 166 valence electrons. The Balaban J connectivity index is 1.42. The molecule has 0 amide bonds. The Morgan fingerprint density at radius 3 is 2.48 bits per heavy atom. The lowest BCUT2D eigenvalue weighted by Gasteiger charge is -2.55. The minimum absolute atomic E-state index is 0.155. The molecule has 8 unspecified atom stereocenters. The van der Waals surface area contributed by atoms with Crippen LogP contribution in [0.2, 0.25) is 0 Å². The fraction of sp³-hybridized carbons (Fsp3) is 0.920. The molecule has 0 heterocycles. The predicted molar refractivity (Wildman–Crippen MR) is 110 cm³/mol. The topological polar surface area (TPSA) is 20.2 Å². The molecule has 3 fully saturated rings. The highest BCUT2D eigenvalue weighted by Gasteiger charge is 2.54. The van der Waals surface area contributed by atoms with Crippen LogP contribution in [0.4, 0.5) is 13.2 Å². The Morgan fingerprint density at radius 2 is 1.76 bits per heavy atom. The van der Waals surface area contributed by atoms with Crippen molar-refractivity contribution in [2.45, 2.75) is 97.3 Å². The molecule has 0 aromatic carbocycles. The zero-order valence-electron chi connectivity index (χ0n) is 18.3. The molecule has 3 saturated carbocycles. The molecule has 0 aliphatic heterocycles. The van der Waals surface area contributed by atoms with E-state index in [9.17, 15) is 18.3 Å². The van der Waals surface area contributed by atoms with Gasteiger partial charge in [0.25, 0.3) is 0 Å². The first-order valence-corrected chi connectivity index (χ1v) is 12.1. The largest absolute Gasteiger partial charge is 0.393 e. The molecule has 0 saturated heterocycles. The Hall–Kier alpha value is -0.510. The number of aliphatic hydroxyl groups excluding tert-OH is 1. The Kier molecular flexibility index (Phi) is 5.90. The van der Waals surface area contributed by atoms with Gasteiger partial charge in [0.15, 0.2) is 0 Å². The Labute approximate surface area is 174 Å². The van der Waals surface area contributed by atoms with E-state index in [1.165, 1.54) is 38.2 Å². The number of rotatable bonds is 4. The Bertz CT molecular complexity index is 626. The molecule has 0 bridgehead atoms. The van der Waals surface area contributed by atoms with Crippen molar-refractivity contribution in [1.82, 2.24) is 0 Å². The average Bonchev–Trinajstić information content (AvgIpc) is 3.10. The van der Waals surface area contributed by atoms with Crippen LogP contribution >= 0.6 is 0 Å². The van der Waals surface area contributed by atoms with Crippen LogP contribution in [0.3, 0.4) is 0 Å². The smallest absolute Gasteiger partial charge is 0.391 e. The van der Waals surface area contributed by atoms with E-state index in [2.05, 4.69) is 19.9 Å². The van der Waals surface area contributed by atoms with Crippen molar-refractivity contribution in [2.75, 3.05) is 0 Å². The zero-order chi connectivity index (χ0) is 21.0. The molecule has 9 atom stereocenters. The van der Waals surface area contributed by atoms with Crippen molar-refractivity contribution in [1.29, 1.82) is 0 Å². The standard InChI is InChI=1S/C25H39F3O/c1-15(4-5-16(2)25(26,27)28)19-8-9-21-20(19)10-11-23-22(21)7-6-17-14-18(29)12-13-24(17,23)3/h6,15-16,18-23,29H,4-5,7-14H2,1-3H3/t15-,16?,18?,19?,20?,21?,22?,23?,24?/m1/s1. The summed E-state index contributed by atoms with van der Waals surface area (Å²) in [6.45, 7) is 6.00. The fourth-order valence-electron chi connectivity index (χ4n) is 7.94. The van der Waals surface area contributed by atoms with Crippen molar-refractivity contribution >= 4 is 0 Å². The summed E-state index contributed by atoms with van der Waals surface area (Å²) in [5.41, 5.74) is 1.79. The van der Waals surface area contributed by atoms with Crippen LogP contribution in [-0.2, 0) is 0 Å². The molecule has 4 aliphatic carbocycles. The molecule has 4 aliphatic rings. The second kappa shape index (κ2) is 7.88. The molecule has 1 nitrogen and oxygen atoms in total. The highest BCUT2D eigenvalue weighted by atomic mass is 19.4. The number of hydrogen-bond donors (Lipinski definition) is 1. The van der Waals surface area contributed by atoms with Crippen LogP contribution in [-0.4, -0.2) is 17.4 Å². The van der Waals surface area contributed by atoms with Gasteiger partial charge in [0.05, 0.1) is 12.0 Å². The van der Waals surface area contributed by atoms with Crippen LogP contribution in [0, 0.1) is 46.8 Å². The highest BCUT2D eigenvalue weighted by Crippen LogP contribution is 2.63. The number of alkyl halides is 3. The van der Waals surface area contributed by atoms with Gasteiger partial charge >= 0.3 is 6.18 Å². The maximum absolute atomic E-state index is 12.9. The number of aliphatic hydroxyl groups is 1. The SMILES string of the molecule is CC(CC[C@@H](C)C1CCC2C1CCC1C2CC=C2CC(O)CCC21C)C(F)(F)F. The maximum atomic E-state index is 12.9. The summed E-state index contributed by atoms with van der Waals surface area (Å²) in [6.07, 6.45) is 8.36. The minimum Gasteiger partial charge on any atom is -0.393 e. The van der Waals surface area contributed by atoms with Gasteiger partial charge in [-0.15, -0.1) is 0 Å². The number of hydrogen-bond acceptors (Lipinski definition) is 1. The highest BCUT2D eigenvalue weighted by molar-refractivity contribution is 5.24. The summed E-state index contributed by atoms with van der Waals surface area (Å²) in [6, 6.07) is 0. The first kappa shape index (κ1) is 21.7. The third-order valence-electron chi connectivity index (χ3n) is 9.80. The van der Waals surface area contributed by atoms with Gasteiger partial charge in [-0.25, -0.2) is 0 Å². The number of fused-ring (bicyclic) bond motifs is 5. The second-order valence-corrected chi connectivity index (χ2v) is 11.2. The molecule has 0 spiro atoms. The van der Waals surface area contributed by atoms with E-state index >= 15 is 0 Å². The van der Waals surface area contributed by atoms with Gasteiger partial charge in [-0.1, -0.05) is 32.4 Å². The van der Waals surface area contributed by atoms with Crippen molar-refractivity contribution < 1.29 is 18.3 Å². The van der Waals surface area contributed by atoms with Crippen LogP contribution in [0.5, 0.6) is 0 Å². The van der Waals surface area contributed by atoms with E-state index in [0.29, 0.717) is 18.3 Å². The maximum Gasteiger partial charge on any atom is 0.391 e. The normalized spacial score (nSPS) is 44.3. The summed E-state index contributed by atoms with van der Waals surface area (Å²) in [7, 11) is 0. The van der Waals surface area contributed by atoms with Crippen LogP contribution in [0.1, 0.15) is 85.0 Å². The van der Waals surface area contributed by atoms with Gasteiger partial charge in [-0.05, 0) is 105 Å². The van der Waals surface area contributed by atoms with Crippen molar-refractivity contribution in [3.8, 4) is 0 Å². The average molecular weight is 413 g/mol. The van der Waals surface area contributed by atoms with Gasteiger partial charge in [0.1, 0.15) is 0 Å². The van der Waals surface area contributed by atoms with Crippen molar-refractivity contribution in [3.05, 3.63) is 11.6 Å². The van der Waals surface area contributed by atoms with Gasteiger partial charge in [-0.2, -0.15) is 13.2 Å². The summed E-state index contributed by atoms with van der Waals surface area (Å²) in [4.78, 5) is 0. The van der Waals surface area contributed by atoms with E-state index < -0.39 is 12.1 Å². The fourth-order valence-corrected chi connectivity index (χ4v) is 7.94. The molecule has 29 heavy (non-hydrogen) atoms. The molecule has 0 radical (unpaired) electrons. The molecule has 0 aromatic rings. The van der Waals surface area contributed by atoms with Crippen LogP contribution < -0.4 is 0 Å². The lowest BCUT2D eigenvalue weighted by Crippen LogP contribution is -2.47. The summed E-state index contributed by atoms with van der Waals surface area (Å²) in [5, 5.41) is 10.1. The molecule has 4 heteroatoms. The first-order valence-electron chi connectivity index (χ1n) is 12.1. The molecule has 0 aromatic heterocycles. The summed E-state index contributed by atoms with van der Waals surface area (Å²) in [5.74, 6) is 2.83. The van der Waals surface area contributed by atoms with E-state index in [1.807, 2.05) is 0 Å².